The largest absolute Gasteiger partial charge is 0.481 e. The minimum atomic E-state index is -0.891. The molecular weight excluding hydrogens is 224 g/mol. The first-order valence-corrected chi connectivity index (χ1v) is 5.69. The highest BCUT2D eigenvalue weighted by molar-refractivity contribution is 5.69. The predicted molar refractivity (Wildman–Crippen MR) is 58.8 cm³/mol. The number of aliphatic carboxylic acids is 1. The van der Waals surface area contributed by atoms with Crippen molar-refractivity contribution >= 4 is 5.97 Å². The van der Waals surface area contributed by atoms with Crippen LogP contribution in [0.2, 0.25) is 0 Å². The van der Waals surface area contributed by atoms with Crippen molar-refractivity contribution < 1.29 is 19.1 Å². The Morgan fingerprint density at radius 2 is 2.24 bits per heavy atom. The van der Waals surface area contributed by atoms with Gasteiger partial charge in [0.05, 0.1) is 25.3 Å². The summed E-state index contributed by atoms with van der Waals surface area (Å²) in [6.45, 7) is 4.29. The number of aromatic nitrogens is 1. The number of carboxylic acid groups (broad SMARTS) is 1. The van der Waals surface area contributed by atoms with Gasteiger partial charge in [-0.05, 0) is 0 Å². The van der Waals surface area contributed by atoms with E-state index >= 15 is 0 Å². The van der Waals surface area contributed by atoms with E-state index in [4.69, 9.17) is 14.3 Å². The van der Waals surface area contributed by atoms with Gasteiger partial charge in [-0.3, -0.25) is 9.69 Å². The van der Waals surface area contributed by atoms with Gasteiger partial charge in [0.25, 0.3) is 0 Å². The van der Waals surface area contributed by atoms with Gasteiger partial charge in [-0.25, -0.2) is 4.98 Å². The fourth-order valence-corrected chi connectivity index (χ4v) is 1.78. The smallest absolute Gasteiger partial charge is 0.309 e. The number of ether oxygens (including phenoxy) is 1. The summed E-state index contributed by atoms with van der Waals surface area (Å²) in [5.74, 6) is -0.286. The first kappa shape index (κ1) is 12.1. The normalized spacial score (nSPS) is 17.2. The molecule has 1 aromatic heterocycles. The predicted octanol–water partition coefficient (Wildman–Crippen LogP) is 0.176. The molecule has 1 fully saturated rings. The van der Waals surface area contributed by atoms with Crippen LogP contribution in [-0.2, 0) is 22.4 Å². The number of morpholine rings is 1. The van der Waals surface area contributed by atoms with Gasteiger partial charge in [0.1, 0.15) is 6.26 Å². The first-order valence-electron chi connectivity index (χ1n) is 5.69. The van der Waals surface area contributed by atoms with Crippen LogP contribution in [0.25, 0.3) is 0 Å². The molecule has 1 N–H and O–H groups in total. The second-order valence-electron chi connectivity index (χ2n) is 4.01. The summed E-state index contributed by atoms with van der Waals surface area (Å²) in [6, 6.07) is 0. The third-order valence-corrected chi connectivity index (χ3v) is 2.68. The van der Waals surface area contributed by atoms with E-state index in [0.717, 1.165) is 32.8 Å². The molecule has 0 aliphatic carbocycles. The maximum atomic E-state index is 10.5. The molecule has 0 bridgehead atoms. The Morgan fingerprint density at radius 1 is 1.47 bits per heavy atom. The highest BCUT2D eigenvalue weighted by Crippen LogP contribution is 2.05. The standard InChI is InChI=1S/C11H16N2O4/c14-11(15)7-9-8-17-10(12-9)1-2-13-3-5-16-6-4-13/h8H,1-7H2,(H,14,15). The molecule has 0 aromatic carbocycles. The topological polar surface area (TPSA) is 75.8 Å². The Hall–Kier alpha value is -1.40. The Morgan fingerprint density at radius 3 is 2.94 bits per heavy atom. The maximum absolute atomic E-state index is 10.5. The second-order valence-corrected chi connectivity index (χ2v) is 4.01. The summed E-state index contributed by atoms with van der Waals surface area (Å²) in [5, 5.41) is 8.61. The highest BCUT2D eigenvalue weighted by Gasteiger charge is 2.12. The zero-order valence-corrected chi connectivity index (χ0v) is 9.59. The molecule has 0 radical (unpaired) electrons. The number of oxazole rings is 1. The van der Waals surface area contributed by atoms with E-state index in [1.54, 1.807) is 0 Å². The van der Waals surface area contributed by atoms with E-state index in [-0.39, 0.29) is 6.42 Å². The minimum Gasteiger partial charge on any atom is -0.481 e. The van der Waals surface area contributed by atoms with Crippen molar-refractivity contribution in [1.29, 1.82) is 0 Å². The van der Waals surface area contributed by atoms with Gasteiger partial charge in [-0.2, -0.15) is 0 Å². The lowest BCUT2D eigenvalue weighted by molar-refractivity contribution is -0.136. The number of nitrogens with zero attached hydrogens (tertiary/aromatic N) is 2. The molecule has 1 aliphatic rings. The molecule has 1 aromatic rings. The summed E-state index contributed by atoms with van der Waals surface area (Å²) in [6.07, 6.45) is 2.05. The Kier molecular flexibility index (Phi) is 4.11. The van der Waals surface area contributed by atoms with Crippen molar-refractivity contribution in [2.75, 3.05) is 32.8 Å². The van der Waals surface area contributed by atoms with E-state index < -0.39 is 5.97 Å². The molecule has 0 spiro atoms. The van der Waals surface area contributed by atoms with Crippen molar-refractivity contribution in [1.82, 2.24) is 9.88 Å². The monoisotopic (exact) mass is 240 g/mol. The fraction of sp³-hybridized carbons (Fsp3) is 0.636. The number of rotatable bonds is 5. The van der Waals surface area contributed by atoms with Crippen LogP contribution in [0.1, 0.15) is 11.6 Å². The van der Waals surface area contributed by atoms with Gasteiger partial charge in [0, 0.05) is 26.1 Å². The quantitative estimate of drug-likeness (QED) is 0.791. The third kappa shape index (κ3) is 3.83. The molecule has 0 saturated carbocycles. The van der Waals surface area contributed by atoms with Gasteiger partial charge >= 0.3 is 5.97 Å². The number of hydrogen-bond acceptors (Lipinski definition) is 5. The van der Waals surface area contributed by atoms with Gasteiger partial charge in [0.15, 0.2) is 5.89 Å². The average molecular weight is 240 g/mol. The van der Waals surface area contributed by atoms with E-state index in [1.807, 2.05) is 0 Å². The fourth-order valence-electron chi connectivity index (χ4n) is 1.78. The molecule has 17 heavy (non-hydrogen) atoms. The molecule has 6 nitrogen and oxygen atoms in total. The molecule has 0 unspecified atom stereocenters. The second kappa shape index (κ2) is 5.79. The highest BCUT2D eigenvalue weighted by atomic mass is 16.5. The van der Waals surface area contributed by atoms with Crippen LogP contribution in [0.15, 0.2) is 10.7 Å². The third-order valence-electron chi connectivity index (χ3n) is 2.68. The lowest BCUT2D eigenvalue weighted by Crippen LogP contribution is -2.37. The summed E-state index contributed by atoms with van der Waals surface area (Å²) >= 11 is 0. The number of hydrogen-bond donors (Lipinski definition) is 1. The Balaban J connectivity index is 1.78. The van der Waals surface area contributed by atoms with Crippen LogP contribution in [0.4, 0.5) is 0 Å². The molecule has 6 heteroatoms. The zero-order valence-electron chi connectivity index (χ0n) is 9.59. The average Bonchev–Trinajstić information content (AvgIpc) is 2.75. The van der Waals surface area contributed by atoms with E-state index in [0.29, 0.717) is 18.0 Å². The summed E-state index contributed by atoms with van der Waals surface area (Å²) < 4.78 is 10.5. The molecule has 1 aliphatic heterocycles. The van der Waals surface area contributed by atoms with E-state index in [1.165, 1.54) is 6.26 Å². The van der Waals surface area contributed by atoms with Crippen LogP contribution < -0.4 is 0 Å². The minimum absolute atomic E-state index is 0.0823. The Bertz CT molecular complexity index is 371. The number of carbonyl (C=O) groups is 1. The summed E-state index contributed by atoms with van der Waals surface area (Å²) in [7, 11) is 0. The van der Waals surface area contributed by atoms with Crippen molar-refractivity contribution in [2.45, 2.75) is 12.8 Å². The summed E-state index contributed by atoms with van der Waals surface area (Å²) in [5.41, 5.74) is 0.481. The number of carboxylic acids is 1. The van der Waals surface area contributed by atoms with Crippen LogP contribution >= 0.6 is 0 Å². The molecule has 2 heterocycles. The van der Waals surface area contributed by atoms with Crippen molar-refractivity contribution in [2.24, 2.45) is 0 Å². The van der Waals surface area contributed by atoms with Gasteiger partial charge in [0.2, 0.25) is 0 Å². The van der Waals surface area contributed by atoms with E-state index in [2.05, 4.69) is 9.88 Å². The van der Waals surface area contributed by atoms with Crippen LogP contribution in [-0.4, -0.2) is 53.8 Å². The first-order chi connectivity index (χ1) is 8.24. The summed E-state index contributed by atoms with van der Waals surface area (Å²) in [4.78, 5) is 16.9. The van der Waals surface area contributed by atoms with Crippen molar-refractivity contribution in [3.63, 3.8) is 0 Å². The van der Waals surface area contributed by atoms with Crippen molar-refractivity contribution in [3.8, 4) is 0 Å². The molecular formula is C11H16N2O4. The molecule has 0 atom stereocenters. The van der Waals surface area contributed by atoms with Crippen LogP contribution in [0, 0.1) is 0 Å². The van der Waals surface area contributed by atoms with Crippen LogP contribution in [0.3, 0.4) is 0 Å². The molecule has 94 valence electrons. The van der Waals surface area contributed by atoms with Gasteiger partial charge in [-0.1, -0.05) is 0 Å². The maximum Gasteiger partial charge on any atom is 0.309 e. The molecule has 1 saturated heterocycles. The molecule has 0 amide bonds. The van der Waals surface area contributed by atoms with E-state index in [9.17, 15) is 4.79 Å². The zero-order chi connectivity index (χ0) is 12.1. The van der Waals surface area contributed by atoms with Crippen LogP contribution in [0.5, 0.6) is 0 Å². The Labute approximate surface area is 99.2 Å². The molecule has 2 rings (SSSR count). The van der Waals surface area contributed by atoms with Crippen molar-refractivity contribution in [3.05, 3.63) is 17.8 Å². The SMILES string of the molecule is O=C(O)Cc1coc(CCN2CCOCC2)n1. The van der Waals surface area contributed by atoms with Gasteiger partial charge < -0.3 is 14.3 Å². The lowest BCUT2D eigenvalue weighted by Gasteiger charge is -2.25. The lowest BCUT2D eigenvalue weighted by atomic mass is 10.3. The van der Waals surface area contributed by atoms with Gasteiger partial charge in [-0.15, -0.1) is 0 Å².